The Morgan fingerprint density at radius 1 is 1.50 bits per heavy atom. The van der Waals surface area contributed by atoms with Crippen LogP contribution in [0.1, 0.15) is 31.2 Å². The van der Waals surface area contributed by atoms with E-state index in [9.17, 15) is 5.11 Å². The number of aromatic nitrogens is 2. The fourth-order valence-corrected chi connectivity index (χ4v) is 2.09. The molecular weight excluding hydrogens is 204 g/mol. The van der Waals surface area contributed by atoms with E-state index in [1.54, 1.807) is 6.20 Å². The van der Waals surface area contributed by atoms with Crippen LogP contribution in [0.5, 0.6) is 0 Å². The molecule has 1 aromatic rings. The summed E-state index contributed by atoms with van der Waals surface area (Å²) in [5.74, 6) is 0.972. The molecule has 1 saturated carbocycles. The van der Waals surface area contributed by atoms with Gasteiger partial charge in [0.25, 0.3) is 0 Å². The third-order valence-electron chi connectivity index (χ3n) is 3.11. The molecular formula is C11H18N4O. The number of aryl methyl sites for hydroxylation is 1. The van der Waals surface area contributed by atoms with E-state index in [-0.39, 0.29) is 5.95 Å². The molecule has 0 saturated heterocycles. The first-order valence-electron chi connectivity index (χ1n) is 5.64. The molecule has 1 aliphatic carbocycles. The Kier molecular flexibility index (Phi) is 2.96. The number of anilines is 2. The van der Waals surface area contributed by atoms with Crippen molar-refractivity contribution >= 4 is 11.8 Å². The van der Waals surface area contributed by atoms with Gasteiger partial charge in [0.05, 0.1) is 5.60 Å². The summed E-state index contributed by atoms with van der Waals surface area (Å²) in [6.45, 7) is 2.45. The summed E-state index contributed by atoms with van der Waals surface area (Å²) in [4.78, 5) is 8.01. The van der Waals surface area contributed by atoms with E-state index in [0.717, 1.165) is 31.2 Å². The van der Waals surface area contributed by atoms with Crippen molar-refractivity contribution in [3.05, 3.63) is 11.8 Å². The number of hydrogen-bond donors (Lipinski definition) is 3. The fourth-order valence-electron chi connectivity index (χ4n) is 2.09. The lowest BCUT2D eigenvalue weighted by Crippen LogP contribution is -2.33. The van der Waals surface area contributed by atoms with E-state index in [0.29, 0.717) is 12.4 Å². The number of nitrogens with zero attached hydrogens (tertiary/aromatic N) is 2. The maximum Gasteiger partial charge on any atom is 0.221 e. The Morgan fingerprint density at radius 2 is 2.19 bits per heavy atom. The standard InChI is InChI=1S/C11H18N4O/c1-8-6-13-10(12)15-9(8)14-7-11(16)4-2-3-5-11/h6,16H,2-5,7H2,1H3,(H3,12,13,14,15). The molecule has 0 amide bonds. The zero-order valence-corrected chi connectivity index (χ0v) is 9.53. The zero-order valence-electron chi connectivity index (χ0n) is 9.53. The van der Waals surface area contributed by atoms with E-state index in [4.69, 9.17) is 5.73 Å². The van der Waals surface area contributed by atoms with Crippen LogP contribution >= 0.6 is 0 Å². The molecule has 0 atom stereocenters. The van der Waals surface area contributed by atoms with Crippen molar-refractivity contribution in [2.24, 2.45) is 0 Å². The highest BCUT2D eigenvalue weighted by Crippen LogP contribution is 2.29. The van der Waals surface area contributed by atoms with Gasteiger partial charge in [-0.15, -0.1) is 0 Å². The van der Waals surface area contributed by atoms with Crippen molar-refractivity contribution in [3.8, 4) is 0 Å². The molecule has 1 aromatic heterocycles. The van der Waals surface area contributed by atoms with Crippen LogP contribution in [0.3, 0.4) is 0 Å². The summed E-state index contributed by atoms with van der Waals surface area (Å²) < 4.78 is 0. The first kappa shape index (κ1) is 11.1. The Bertz CT molecular complexity index is 374. The second-order valence-electron chi connectivity index (χ2n) is 4.54. The first-order chi connectivity index (χ1) is 7.59. The van der Waals surface area contributed by atoms with Crippen molar-refractivity contribution < 1.29 is 5.11 Å². The van der Waals surface area contributed by atoms with Crippen LogP contribution in [0.2, 0.25) is 0 Å². The fraction of sp³-hybridized carbons (Fsp3) is 0.636. The number of rotatable bonds is 3. The van der Waals surface area contributed by atoms with Crippen LogP contribution < -0.4 is 11.1 Å². The zero-order chi connectivity index (χ0) is 11.6. The third kappa shape index (κ3) is 2.41. The largest absolute Gasteiger partial charge is 0.388 e. The van der Waals surface area contributed by atoms with Gasteiger partial charge in [0.1, 0.15) is 5.82 Å². The topological polar surface area (TPSA) is 84.1 Å². The SMILES string of the molecule is Cc1cnc(N)nc1NCC1(O)CCCC1. The van der Waals surface area contributed by atoms with Gasteiger partial charge in [0.15, 0.2) is 0 Å². The van der Waals surface area contributed by atoms with Gasteiger partial charge in [-0.1, -0.05) is 12.8 Å². The molecule has 0 bridgehead atoms. The summed E-state index contributed by atoms with van der Waals surface area (Å²) in [6, 6.07) is 0. The van der Waals surface area contributed by atoms with E-state index in [2.05, 4.69) is 15.3 Å². The second kappa shape index (κ2) is 4.25. The molecule has 0 unspecified atom stereocenters. The van der Waals surface area contributed by atoms with Crippen molar-refractivity contribution in [2.45, 2.75) is 38.2 Å². The summed E-state index contributed by atoms with van der Waals surface area (Å²) >= 11 is 0. The molecule has 1 aliphatic rings. The second-order valence-corrected chi connectivity index (χ2v) is 4.54. The van der Waals surface area contributed by atoms with Gasteiger partial charge in [-0.3, -0.25) is 0 Å². The van der Waals surface area contributed by atoms with E-state index in [1.165, 1.54) is 0 Å². The number of nitrogen functional groups attached to an aromatic ring is 1. The number of nitrogens with one attached hydrogen (secondary N) is 1. The highest BCUT2D eigenvalue weighted by Gasteiger charge is 2.30. The maximum atomic E-state index is 10.2. The number of aliphatic hydroxyl groups is 1. The number of nitrogens with two attached hydrogens (primary N) is 1. The minimum Gasteiger partial charge on any atom is -0.388 e. The van der Waals surface area contributed by atoms with Crippen LogP contribution in [0.15, 0.2) is 6.20 Å². The van der Waals surface area contributed by atoms with E-state index < -0.39 is 5.60 Å². The Morgan fingerprint density at radius 3 is 2.88 bits per heavy atom. The predicted molar refractivity (Wildman–Crippen MR) is 63.1 cm³/mol. The van der Waals surface area contributed by atoms with Crippen molar-refractivity contribution in [2.75, 3.05) is 17.6 Å². The molecule has 0 aromatic carbocycles. The monoisotopic (exact) mass is 222 g/mol. The van der Waals surface area contributed by atoms with Gasteiger partial charge in [0, 0.05) is 18.3 Å². The minimum absolute atomic E-state index is 0.256. The molecule has 88 valence electrons. The Balaban J connectivity index is 2.01. The molecule has 5 nitrogen and oxygen atoms in total. The molecule has 1 heterocycles. The van der Waals surface area contributed by atoms with Gasteiger partial charge in [-0.2, -0.15) is 4.98 Å². The first-order valence-corrected chi connectivity index (χ1v) is 5.64. The quantitative estimate of drug-likeness (QED) is 0.712. The van der Waals surface area contributed by atoms with Crippen molar-refractivity contribution in [3.63, 3.8) is 0 Å². The van der Waals surface area contributed by atoms with Crippen LogP contribution in [-0.2, 0) is 0 Å². The van der Waals surface area contributed by atoms with Gasteiger partial charge < -0.3 is 16.2 Å². The number of hydrogen-bond acceptors (Lipinski definition) is 5. The Labute approximate surface area is 95.1 Å². The van der Waals surface area contributed by atoms with Crippen LogP contribution in [-0.4, -0.2) is 27.2 Å². The molecule has 0 radical (unpaired) electrons. The lowest BCUT2D eigenvalue weighted by molar-refractivity contribution is 0.0614. The van der Waals surface area contributed by atoms with Crippen LogP contribution in [0, 0.1) is 6.92 Å². The van der Waals surface area contributed by atoms with Gasteiger partial charge in [-0.05, 0) is 19.8 Å². The molecule has 2 rings (SSSR count). The maximum absolute atomic E-state index is 10.2. The Hall–Kier alpha value is -1.36. The molecule has 0 spiro atoms. The van der Waals surface area contributed by atoms with Gasteiger partial charge in [-0.25, -0.2) is 4.98 Å². The molecule has 5 heteroatoms. The third-order valence-corrected chi connectivity index (χ3v) is 3.11. The van der Waals surface area contributed by atoms with Crippen LogP contribution in [0.4, 0.5) is 11.8 Å². The molecule has 4 N–H and O–H groups in total. The highest BCUT2D eigenvalue weighted by molar-refractivity contribution is 5.45. The average molecular weight is 222 g/mol. The van der Waals surface area contributed by atoms with E-state index >= 15 is 0 Å². The minimum atomic E-state index is -0.577. The summed E-state index contributed by atoms with van der Waals surface area (Å²) in [5.41, 5.74) is 5.88. The lowest BCUT2D eigenvalue weighted by atomic mass is 10.0. The van der Waals surface area contributed by atoms with Crippen molar-refractivity contribution in [1.82, 2.24) is 9.97 Å². The summed E-state index contributed by atoms with van der Waals surface area (Å²) in [7, 11) is 0. The van der Waals surface area contributed by atoms with E-state index in [1.807, 2.05) is 6.92 Å². The highest BCUT2D eigenvalue weighted by atomic mass is 16.3. The molecule has 1 fully saturated rings. The predicted octanol–water partition coefficient (Wildman–Crippen LogP) is 1.08. The lowest BCUT2D eigenvalue weighted by Gasteiger charge is -2.23. The van der Waals surface area contributed by atoms with Gasteiger partial charge in [0.2, 0.25) is 5.95 Å². The smallest absolute Gasteiger partial charge is 0.221 e. The normalized spacial score (nSPS) is 18.6. The van der Waals surface area contributed by atoms with Gasteiger partial charge >= 0.3 is 0 Å². The average Bonchev–Trinajstić information content (AvgIpc) is 2.67. The molecule has 0 aliphatic heterocycles. The summed E-state index contributed by atoms with van der Waals surface area (Å²) in [6.07, 6.45) is 5.61. The van der Waals surface area contributed by atoms with Crippen molar-refractivity contribution in [1.29, 1.82) is 0 Å². The summed E-state index contributed by atoms with van der Waals surface area (Å²) in [5, 5.41) is 13.3. The van der Waals surface area contributed by atoms with Crippen LogP contribution in [0.25, 0.3) is 0 Å². The molecule has 16 heavy (non-hydrogen) atoms.